The van der Waals surface area contributed by atoms with Crippen LogP contribution in [0.4, 0.5) is 0 Å². The summed E-state index contributed by atoms with van der Waals surface area (Å²) in [6.07, 6.45) is 6.42. The lowest BCUT2D eigenvalue weighted by Gasteiger charge is -2.34. The van der Waals surface area contributed by atoms with E-state index in [0.29, 0.717) is 12.6 Å². The van der Waals surface area contributed by atoms with Crippen molar-refractivity contribution in [3.8, 4) is 5.75 Å². The second-order valence-corrected chi connectivity index (χ2v) is 9.06. The zero-order valence-corrected chi connectivity index (χ0v) is 19.8. The molecule has 0 saturated carbocycles. The van der Waals surface area contributed by atoms with Gasteiger partial charge in [0.1, 0.15) is 12.4 Å². The molecule has 4 nitrogen and oxygen atoms in total. The molecule has 2 N–H and O–H groups in total. The Labute approximate surface area is 196 Å². The number of nitrogens with one attached hydrogen (secondary N) is 1. The quantitative estimate of drug-likeness (QED) is 0.523. The normalized spacial score (nSPS) is 19.2. The average Bonchev–Trinajstić information content (AvgIpc) is 3.24. The second kappa shape index (κ2) is 10.6. The van der Waals surface area contributed by atoms with Crippen LogP contribution >= 0.6 is 11.6 Å². The molecule has 0 aromatic heterocycles. The zero-order chi connectivity index (χ0) is 22.5. The van der Waals surface area contributed by atoms with Crippen molar-refractivity contribution in [2.75, 3.05) is 13.2 Å². The van der Waals surface area contributed by atoms with Gasteiger partial charge < -0.3 is 15.2 Å². The Bertz CT molecular complexity index is 1010. The Morgan fingerprint density at radius 2 is 2.06 bits per heavy atom. The molecule has 1 atom stereocenters. The van der Waals surface area contributed by atoms with Crippen LogP contribution < -0.4 is 10.1 Å². The number of hydrogen-bond acceptors (Lipinski definition) is 4. The number of nitrogens with zero attached hydrogens (tertiary/aromatic N) is 1. The molecule has 1 aliphatic carbocycles. The molecule has 1 aliphatic heterocycles. The topological polar surface area (TPSA) is 44.7 Å². The largest absolute Gasteiger partial charge is 0.491 e. The smallest absolute Gasteiger partial charge is 0.124 e. The molecule has 0 saturated heterocycles. The highest BCUT2D eigenvalue weighted by Gasteiger charge is 2.31. The van der Waals surface area contributed by atoms with Gasteiger partial charge in [-0.3, -0.25) is 4.90 Å². The standard InChI is InChI=1S/C27H33ClN2O2/c1-3-7-25(22-9-4-5-10-24(22)28)29-26-16-21(13-12-19(26)2)30-17-20-8-6-11-27(23(20)18-30)32-15-14-31/h4-11,21,29,31H,3,12-18H2,1-2H3/b25-7+. The molecule has 2 aromatic rings. The van der Waals surface area contributed by atoms with Crippen LogP contribution in [0.2, 0.25) is 5.02 Å². The summed E-state index contributed by atoms with van der Waals surface area (Å²) in [7, 11) is 0. The van der Waals surface area contributed by atoms with Crippen LogP contribution in [0.5, 0.6) is 5.75 Å². The number of halogens is 1. The summed E-state index contributed by atoms with van der Waals surface area (Å²) < 4.78 is 5.79. The average molecular weight is 453 g/mol. The fourth-order valence-corrected chi connectivity index (χ4v) is 4.99. The second-order valence-electron chi connectivity index (χ2n) is 8.66. The fourth-order valence-electron chi connectivity index (χ4n) is 4.76. The van der Waals surface area contributed by atoms with E-state index in [2.05, 4.69) is 48.3 Å². The van der Waals surface area contributed by atoms with E-state index in [4.69, 9.17) is 21.4 Å². The van der Waals surface area contributed by atoms with E-state index in [1.807, 2.05) is 24.3 Å². The Kier molecular flexibility index (Phi) is 7.56. The molecular formula is C27H33ClN2O2. The summed E-state index contributed by atoms with van der Waals surface area (Å²) in [6, 6.07) is 14.8. The summed E-state index contributed by atoms with van der Waals surface area (Å²) >= 11 is 6.51. The lowest BCUT2D eigenvalue weighted by molar-refractivity contribution is 0.175. The van der Waals surface area contributed by atoms with Crippen molar-refractivity contribution in [3.63, 3.8) is 0 Å². The monoisotopic (exact) mass is 452 g/mol. The third-order valence-corrected chi connectivity index (χ3v) is 6.82. The molecule has 4 rings (SSSR count). The fraction of sp³-hybridized carbons (Fsp3) is 0.407. The Morgan fingerprint density at radius 1 is 1.22 bits per heavy atom. The molecule has 32 heavy (non-hydrogen) atoms. The summed E-state index contributed by atoms with van der Waals surface area (Å²) in [5, 5.41) is 13.7. The number of benzene rings is 2. The summed E-state index contributed by atoms with van der Waals surface area (Å²) in [5.41, 5.74) is 7.50. The van der Waals surface area contributed by atoms with E-state index in [9.17, 15) is 0 Å². The van der Waals surface area contributed by atoms with Crippen molar-refractivity contribution >= 4 is 17.3 Å². The molecule has 0 radical (unpaired) electrons. The van der Waals surface area contributed by atoms with Gasteiger partial charge in [-0.05, 0) is 43.9 Å². The van der Waals surface area contributed by atoms with Crippen molar-refractivity contribution < 1.29 is 9.84 Å². The lowest BCUT2D eigenvalue weighted by Crippen LogP contribution is -2.35. The summed E-state index contributed by atoms with van der Waals surface area (Å²) in [5.74, 6) is 0.909. The van der Waals surface area contributed by atoms with Crippen LogP contribution in [0.3, 0.4) is 0 Å². The maximum absolute atomic E-state index is 9.14. The number of ether oxygens (including phenoxy) is 1. The Morgan fingerprint density at radius 3 is 2.84 bits per heavy atom. The van der Waals surface area contributed by atoms with Gasteiger partial charge in [-0.15, -0.1) is 0 Å². The number of allylic oxidation sites excluding steroid dienone is 2. The van der Waals surface area contributed by atoms with Crippen LogP contribution in [-0.2, 0) is 13.1 Å². The van der Waals surface area contributed by atoms with Crippen LogP contribution in [-0.4, -0.2) is 29.3 Å². The highest BCUT2D eigenvalue weighted by Crippen LogP contribution is 2.37. The van der Waals surface area contributed by atoms with Crippen molar-refractivity contribution in [3.05, 3.63) is 81.5 Å². The van der Waals surface area contributed by atoms with Gasteiger partial charge in [0.2, 0.25) is 0 Å². The van der Waals surface area contributed by atoms with E-state index >= 15 is 0 Å². The van der Waals surface area contributed by atoms with Crippen molar-refractivity contribution in [1.82, 2.24) is 10.2 Å². The van der Waals surface area contributed by atoms with Gasteiger partial charge >= 0.3 is 0 Å². The molecule has 0 fully saturated rings. The predicted molar refractivity (Wildman–Crippen MR) is 131 cm³/mol. The first kappa shape index (κ1) is 22.9. The van der Waals surface area contributed by atoms with Crippen molar-refractivity contribution in [2.45, 2.75) is 58.7 Å². The molecule has 1 heterocycles. The minimum atomic E-state index is 0.0359. The van der Waals surface area contributed by atoms with E-state index in [-0.39, 0.29) is 6.61 Å². The van der Waals surface area contributed by atoms with Crippen LogP contribution in [0.25, 0.3) is 5.70 Å². The van der Waals surface area contributed by atoms with Crippen LogP contribution in [0.15, 0.2) is 59.8 Å². The SMILES string of the molecule is CC/C=C(/NC1=C(C)CCC(N2Cc3cccc(OCCO)c3C2)C1)c1ccccc1Cl. The predicted octanol–water partition coefficient (Wildman–Crippen LogP) is 5.89. The zero-order valence-electron chi connectivity index (χ0n) is 19.0. The Hall–Kier alpha value is -2.27. The molecule has 0 amide bonds. The van der Waals surface area contributed by atoms with Gasteiger partial charge in [0.25, 0.3) is 0 Å². The van der Waals surface area contributed by atoms with Gasteiger partial charge in [0.05, 0.1) is 6.61 Å². The highest BCUT2D eigenvalue weighted by atomic mass is 35.5. The number of hydrogen-bond donors (Lipinski definition) is 2. The van der Waals surface area contributed by atoms with E-state index < -0.39 is 0 Å². The van der Waals surface area contributed by atoms with E-state index in [1.165, 1.54) is 22.4 Å². The van der Waals surface area contributed by atoms with Gasteiger partial charge in [-0.25, -0.2) is 0 Å². The first-order valence-electron chi connectivity index (χ1n) is 11.6. The third kappa shape index (κ3) is 5.03. The molecule has 170 valence electrons. The van der Waals surface area contributed by atoms with Gasteiger partial charge in [0.15, 0.2) is 0 Å². The van der Waals surface area contributed by atoms with Gasteiger partial charge in [0, 0.05) is 53.1 Å². The van der Waals surface area contributed by atoms with Crippen LogP contribution in [0.1, 0.15) is 56.2 Å². The first-order valence-corrected chi connectivity index (χ1v) is 12.0. The van der Waals surface area contributed by atoms with Crippen molar-refractivity contribution in [2.24, 2.45) is 0 Å². The molecule has 0 bridgehead atoms. The minimum absolute atomic E-state index is 0.0359. The molecule has 2 aromatic carbocycles. The molecule has 2 aliphatic rings. The number of aliphatic hydroxyl groups is 1. The summed E-state index contributed by atoms with van der Waals surface area (Å²) in [6.45, 7) is 6.62. The van der Waals surface area contributed by atoms with E-state index in [0.717, 1.165) is 60.8 Å². The van der Waals surface area contributed by atoms with Gasteiger partial charge in [-0.1, -0.05) is 60.5 Å². The molecule has 1 unspecified atom stereocenters. The number of fused-ring (bicyclic) bond motifs is 1. The van der Waals surface area contributed by atoms with Crippen LogP contribution in [0, 0.1) is 0 Å². The van der Waals surface area contributed by atoms with Crippen molar-refractivity contribution in [1.29, 1.82) is 0 Å². The number of rotatable bonds is 8. The van der Waals surface area contributed by atoms with Gasteiger partial charge in [-0.2, -0.15) is 0 Å². The Balaban J connectivity index is 1.49. The molecule has 5 heteroatoms. The first-order chi connectivity index (χ1) is 15.6. The minimum Gasteiger partial charge on any atom is -0.491 e. The molecule has 0 spiro atoms. The maximum atomic E-state index is 9.14. The van der Waals surface area contributed by atoms with E-state index in [1.54, 1.807) is 0 Å². The lowest BCUT2D eigenvalue weighted by atomic mass is 9.91. The summed E-state index contributed by atoms with van der Waals surface area (Å²) in [4.78, 5) is 2.57. The number of aliphatic hydroxyl groups excluding tert-OH is 1. The maximum Gasteiger partial charge on any atom is 0.124 e. The highest BCUT2D eigenvalue weighted by molar-refractivity contribution is 6.32. The third-order valence-electron chi connectivity index (χ3n) is 6.50. The molecular weight excluding hydrogens is 420 g/mol.